The molecule has 2 aromatic heterocycles. The fourth-order valence-electron chi connectivity index (χ4n) is 11.7. The fourth-order valence-corrected chi connectivity index (χ4v) is 11.7. The van der Waals surface area contributed by atoms with Gasteiger partial charge in [-0.15, -0.1) is 0 Å². The summed E-state index contributed by atoms with van der Waals surface area (Å²) in [4.78, 5) is 21.9. The third kappa shape index (κ3) is 5.59. The molecule has 14 rings (SSSR count). The molecule has 7 aromatic rings. The molecular weight excluding hydrogens is 743 g/mol. The number of rotatable bonds is 6. The van der Waals surface area contributed by atoms with E-state index in [1.807, 2.05) is 0 Å². The van der Waals surface area contributed by atoms with Crippen molar-refractivity contribution in [1.82, 2.24) is 15.3 Å². The number of nitrogens with zero attached hydrogens (tertiary/aromatic N) is 4. The second-order valence-electron chi connectivity index (χ2n) is 19.2. The lowest BCUT2D eigenvalue weighted by Gasteiger charge is -2.56. The number of nitrogens with one attached hydrogen (secondary N) is 1. The van der Waals surface area contributed by atoms with E-state index >= 15 is 0 Å². The van der Waals surface area contributed by atoms with Crippen LogP contribution in [0, 0.1) is 22.7 Å². The second kappa shape index (κ2) is 13.5. The molecular formula is C56H49N5. The summed E-state index contributed by atoms with van der Waals surface area (Å²) in [6.07, 6.45) is 4.60. The Bertz CT molecular complexity index is 2750. The predicted octanol–water partition coefficient (Wildman–Crippen LogP) is 13.3. The van der Waals surface area contributed by atoms with Gasteiger partial charge in [-0.1, -0.05) is 161 Å². The quantitative estimate of drug-likeness (QED) is 0.182. The largest absolute Gasteiger partial charge is 0.324 e. The number of aliphatic imine (C=N–C) groups is 2. The van der Waals surface area contributed by atoms with Crippen LogP contribution < -0.4 is 5.32 Å². The van der Waals surface area contributed by atoms with Gasteiger partial charge >= 0.3 is 0 Å². The van der Waals surface area contributed by atoms with Crippen LogP contribution >= 0.6 is 0 Å². The van der Waals surface area contributed by atoms with Crippen molar-refractivity contribution in [2.75, 3.05) is 0 Å². The summed E-state index contributed by atoms with van der Waals surface area (Å²) < 4.78 is 0. The molecule has 7 aliphatic rings. The number of pyridine rings is 2. The number of amidine groups is 2. The number of fused-ring (bicyclic) bond motifs is 1. The van der Waals surface area contributed by atoms with Crippen molar-refractivity contribution in [2.45, 2.75) is 65.2 Å². The van der Waals surface area contributed by atoms with Crippen molar-refractivity contribution in [2.24, 2.45) is 32.7 Å². The first-order valence-electron chi connectivity index (χ1n) is 22.1. The molecule has 5 heteroatoms. The molecule has 2 saturated carbocycles. The molecule has 5 nitrogen and oxygen atoms in total. The van der Waals surface area contributed by atoms with Gasteiger partial charge in [0.2, 0.25) is 0 Å². The van der Waals surface area contributed by atoms with Gasteiger partial charge in [0, 0.05) is 45.5 Å². The molecule has 0 unspecified atom stereocenters. The SMILES string of the molecule is CC1(C)[C@H]2Cc3ccc(N=C4NC(=Nc5ccc6c(n5)[C@@H]5C[C@H](C6)C5(C)C)c5c4c(-c4ccccc4)c(-c4ccccc4)c(-c4ccccc4)c5-c4ccccc4)nc3[C@@H]1C2. The van der Waals surface area contributed by atoms with Crippen LogP contribution in [0.25, 0.3) is 44.5 Å². The minimum Gasteiger partial charge on any atom is -0.324 e. The van der Waals surface area contributed by atoms with Crippen molar-refractivity contribution < 1.29 is 0 Å². The summed E-state index contributed by atoms with van der Waals surface area (Å²) in [5.74, 6) is 5.29. The lowest BCUT2D eigenvalue weighted by atomic mass is 9.48. The van der Waals surface area contributed by atoms with Crippen LogP contribution in [0.15, 0.2) is 156 Å². The topological polar surface area (TPSA) is 62.5 Å². The molecule has 3 heterocycles. The van der Waals surface area contributed by atoms with Crippen molar-refractivity contribution in [3.63, 3.8) is 0 Å². The van der Waals surface area contributed by atoms with Crippen molar-refractivity contribution in [1.29, 1.82) is 0 Å². The minimum absolute atomic E-state index is 0.255. The van der Waals surface area contributed by atoms with Crippen molar-refractivity contribution >= 4 is 23.3 Å². The van der Waals surface area contributed by atoms with E-state index in [4.69, 9.17) is 20.0 Å². The van der Waals surface area contributed by atoms with Crippen LogP contribution in [0.1, 0.15) is 86.0 Å². The Morgan fingerprint density at radius 3 is 1.08 bits per heavy atom. The van der Waals surface area contributed by atoms with Crippen LogP contribution in [0.2, 0.25) is 0 Å². The summed E-state index contributed by atoms with van der Waals surface area (Å²) in [6, 6.07) is 52.2. The molecule has 4 bridgehead atoms. The highest BCUT2D eigenvalue weighted by Crippen LogP contribution is 2.63. The molecule has 0 amide bonds. The van der Waals surface area contributed by atoms with Gasteiger partial charge in [0.15, 0.2) is 11.6 Å². The van der Waals surface area contributed by atoms with E-state index in [9.17, 15) is 0 Å². The lowest BCUT2D eigenvalue weighted by Crippen LogP contribution is -2.48. The zero-order valence-corrected chi connectivity index (χ0v) is 35.3. The normalized spacial score (nSPS) is 23.3. The van der Waals surface area contributed by atoms with Crippen molar-refractivity contribution in [3.8, 4) is 44.5 Å². The van der Waals surface area contributed by atoms with Crippen molar-refractivity contribution in [3.05, 3.63) is 179 Å². The molecule has 0 spiro atoms. The van der Waals surface area contributed by atoms with Gasteiger partial charge in [0.25, 0.3) is 0 Å². The summed E-state index contributed by atoms with van der Waals surface area (Å²) in [6.45, 7) is 9.66. The number of benzene rings is 5. The van der Waals surface area contributed by atoms with Gasteiger partial charge in [0.1, 0.15) is 11.7 Å². The highest BCUT2D eigenvalue weighted by Gasteiger charge is 2.54. The standard InChI is InChI=1S/C56H49N5/c1-55(2)39-29-37-25-27-43(57-51(37)41(55)31-39)59-53-49-47(35-21-13-7-14-22-35)45(33-17-9-5-10-18-33)46(34-19-11-6-12-20-34)48(36-23-15-8-16-24-36)50(49)54(61-53)60-44-28-26-38-30-40-32-42(52(38)58-44)56(40,3)4/h5-28,39-42H,29-32H2,1-4H3,(H,57,58,59,60,61)/t39-,40-,41-,42-/m0/s1. The number of aromatic nitrogens is 2. The Morgan fingerprint density at radius 1 is 0.426 bits per heavy atom. The summed E-state index contributed by atoms with van der Waals surface area (Å²) in [5.41, 5.74) is 16.8. The lowest BCUT2D eigenvalue weighted by molar-refractivity contribution is 0.0155. The molecule has 0 saturated heterocycles. The average Bonchev–Trinajstić information content (AvgIpc) is 3.64. The summed E-state index contributed by atoms with van der Waals surface area (Å²) in [7, 11) is 0. The van der Waals surface area contributed by atoms with Crippen LogP contribution in [0.4, 0.5) is 11.6 Å². The minimum atomic E-state index is 0.255. The molecule has 5 aromatic carbocycles. The average molecular weight is 792 g/mol. The van der Waals surface area contributed by atoms with E-state index in [0.29, 0.717) is 11.8 Å². The van der Waals surface area contributed by atoms with Gasteiger partial charge in [-0.25, -0.2) is 20.0 Å². The van der Waals surface area contributed by atoms with E-state index < -0.39 is 0 Å². The summed E-state index contributed by atoms with van der Waals surface area (Å²) >= 11 is 0. The van der Waals surface area contributed by atoms with Gasteiger partial charge in [0.05, 0.1) is 0 Å². The number of hydrogen-bond donors (Lipinski definition) is 1. The Kier molecular flexibility index (Phi) is 8.07. The Hall–Kier alpha value is -6.46. The van der Waals surface area contributed by atoms with E-state index in [-0.39, 0.29) is 10.8 Å². The molecule has 1 aliphatic heterocycles. The maximum absolute atomic E-state index is 5.56. The maximum atomic E-state index is 5.56. The molecule has 1 N–H and O–H groups in total. The monoisotopic (exact) mass is 791 g/mol. The first-order chi connectivity index (χ1) is 29.7. The highest BCUT2D eigenvalue weighted by atomic mass is 15.1. The zero-order chi connectivity index (χ0) is 41.0. The molecule has 4 atom stereocenters. The van der Waals surface area contributed by atoms with E-state index in [1.165, 1.54) is 35.4 Å². The van der Waals surface area contributed by atoms with E-state index in [0.717, 1.165) is 104 Å². The second-order valence-corrected chi connectivity index (χ2v) is 19.2. The fraction of sp³-hybridized carbons (Fsp3) is 0.250. The Balaban J connectivity index is 1.19. The Labute approximate surface area is 358 Å². The van der Waals surface area contributed by atoms with Gasteiger partial charge in [-0.3, -0.25) is 0 Å². The summed E-state index contributed by atoms with van der Waals surface area (Å²) in [5, 5.41) is 3.89. The van der Waals surface area contributed by atoms with Gasteiger partial charge in [-0.2, -0.15) is 0 Å². The van der Waals surface area contributed by atoms with Crippen LogP contribution in [0.5, 0.6) is 0 Å². The van der Waals surface area contributed by atoms with Crippen LogP contribution in [-0.4, -0.2) is 21.6 Å². The first kappa shape index (κ1) is 36.4. The maximum Gasteiger partial charge on any atom is 0.154 e. The van der Waals surface area contributed by atoms with Gasteiger partial charge < -0.3 is 5.32 Å². The predicted molar refractivity (Wildman–Crippen MR) is 249 cm³/mol. The zero-order valence-electron chi connectivity index (χ0n) is 35.3. The highest BCUT2D eigenvalue weighted by molar-refractivity contribution is 6.33. The molecule has 6 aliphatic carbocycles. The van der Waals surface area contributed by atoms with E-state index in [2.05, 4.69) is 179 Å². The van der Waals surface area contributed by atoms with Crippen LogP contribution in [0.3, 0.4) is 0 Å². The third-order valence-electron chi connectivity index (χ3n) is 15.4. The van der Waals surface area contributed by atoms with E-state index in [1.54, 1.807) is 0 Å². The van der Waals surface area contributed by atoms with Gasteiger partial charge in [-0.05, 0) is 105 Å². The molecule has 0 radical (unpaired) electrons. The Morgan fingerprint density at radius 2 is 0.754 bits per heavy atom. The molecule has 298 valence electrons. The molecule has 2 fully saturated rings. The number of hydrogen-bond acceptors (Lipinski definition) is 4. The van der Waals surface area contributed by atoms with Crippen LogP contribution in [-0.2, 0) is 12.8 Å². The smallest absolute Gasteiger partial charge is 0.154 e. The molecule has 61 heavy (non-hydrogen) atoms. The third-order valence-corrected chi connectivity index (χ3v) is 15.4. The first-order valence-corrected chi connectivity index (χ1v) is 22.1.